The molecule has 0 aromatic carbocycles. The van der Waals surface area contributed by atoms with Gasteiger partial charge in [0.05, 0.1) is 11.5 Å². The SMILES string of the molecule is CC(C)CCS(=O)(=O)CC(Br)C(F)(F)F. The molecule has 0 N–H and O–H groups in total. The van der Waals surface area contributed by atoms with E-state index >= 15 is 0 Å². The Bertz CT molecular complexity index is 285. The molecule has 0 fully saturated rings. The average Bonchev–Trinajstić information content (AvgIpc) is 1.98. The number of alkyl halides is 4. The lowest BCUT2D eigenvalue weighted by atomic mass is 10.2. The van der Waals surface area contributed by atoms with Crippen LogP contribution < -0.4 is 0 Å². The lowest BCUT2D eigenvalue weighted by molar-refractivity contribution is -0.123. The number of halogens is 4. The minimum absolute atomic E-state index is 0.166. The van der Waals surface area contributed by atoms with E-state index in [4.69, 9.17) is 0 Å². The van der Waals surface area contributed by atoms with Crippen molar-refractivity contribution in [3.05, 3.63) is 0 Å². The molecular weight excluding hydrogens is 297 g/mol. The molecule has 0 saturated heterocycles. The van der Waals surface area contributed by atoms with Crippen LogP contribution in [0, 0.1) is 5.92 Å². The van der Waals surface area contributed by atoms with Gasteiger partial charge >= 0.3 is 6.18 Å². The van der Waals surface area contributed by atoms with Crippen LogP contribution >= 0.6 is 15.9 Å². The van der Waals surface area contributed by atoms with Crippen molar-refractivity contribution in [2.45, 2.75) is 31.3 Å². The fourth-order valence-corrected chi connectivity index (χ4v) is 3.66. The molecule has 0 aliphatic heterocycles. The van der Waals surface area contributed by atoms with Crippen molar-refractivity contribution in [2.75, 3.05) is 11.5 Å². The molecule has 0 radical (unpaired) electrons. The molecule has 1 unspecified atom stereocenters. The van der Waals surface area contributed by atoms with Gasteiger partial charge < -0.3 is 0 Å². The zero-order chi connectivity index (χ0) is 12.3. The van der Waals surface area contributed by atoms with E-state index in [2.05, 4.69) is 15.9 Å². The topological polar surface area (TPSA) is 34.1 Å². The van der Waals surface area contributed by atoms with Gasteiger partial charge in [0.1, 0.15) is 4.83 Å². The predicted octanol–water partition coefficient (Wildman–Crippen LogP) is 2.77. The number of hydrogen-bond acceptors (Lipinski definition) is 2. The maximum Gasteiger partial charge on any atom is 0.402 e. The van der Waals surface area contributed by atoms with E-state index in [1.807, 2.05) is 13.8 Å². The van der Waals surface area contributed by atoms with Crippen LogP contribution in [0.1, 0.15) is 20.3 Å². The number of sulfone groups is 1. The van der Waals surface area contributed by atoms with Crippen LogP contribution in [0.3, 0.4) is 0 Å². The van der Waals surface area contributed by atoms with Crippen LogP contribution in [0.25, 0.3) is 0 Å². The standard InChI is InChI=1S/C8H14BrF3O2S/c1-6(2)3-4-15(13,14)5-7(9)8(10,11)12/h6-7H,3-5H2,1-2H3. The van der Waals surface area contributed by atoms with E-state index in [0.717, 1.165) is 0 Å². The Morgan fingerprint density at radius 2 is 1.73 bits per heavy atom. The van der Waals surface area contributed by atoms with Gasteiger partial charge in [-0.05, 0) is 12.3 Å². The number of rotatable bonds is 5. The second-order valence-corrected chi connectivity index (χ2v) is 7.14. The van der Waals surface area contributed by atoms with Crippen LogP contribution in [0.15, 0.2) is 0 Å². The highest BCUT2D eigenvalue weighted by Crippen LogP contribution is 2.27. The Labute approximate surface area is 96.3 Å². The first-order valence-corrected chi connectivity index (χ1v) is 7.19. The van der Waals surface area contributed by atoms with Crippen molar-refractivity contribution in [2.24, 2.45) is 5.92 Å². The molecule has 0 spiro atoms. The molecule has 0 aromatic rings. The summed E-state index contributed by atoms with van der Waals surface area (Å²) in [5.74, 6) is -0.911. The minimum atomic E-state index is -4.51. The van der Waals surface area contributed by atoms with Gasteiger partial charge in [-0.25, -0.2) is 8.42 Å². The normalized spacial score (nSPS) is 15.7. The largest absolute Gasteiger partial charge is 0.402 e. The Morgan fingerprint density at radius 1 is 1.27 bits per heavy atom. The van der Waals surface area contributed by atoms with E-state index in [0.29, 0.717) is 6.42 Å². The fraction of sp³-hybridized carbons (Fsp3) is 1.00. The molecule has 0 aromatic heterocycles. The van der Waals surface area contributed by atoms with Crippen LogP contribution in [-0.4, -0.2) is 30.9 Å². The molecule has 0 rings (SSSR count). The Kier molecular flexibility index (Phi) is 5.60. The first-order valence-electron chi connectivity index (χ1n) is 4.46. The van der Waals surface area contributed by atoms with Crippen molar-refractivity contribution in [3.63, 3.8) is 0 Å². The second kappa shape index (κ2) is 5.52. The third kappa shape index (κ3) is 7.16. The first kappa shape index (κ1) is 15.2. The second-order valence-electron chi connectivity index (χ2n) is 3.81. The minimum Gasteiger partial charge on any atom is -0.229 e. The Balaban J connectivity index is 4.27. The molecule has 2 nitrogen and oxygen atoms in total. The van der Waals surface area contributed by atoms with Gasteiger partial charge in [0.25, 0.3) is 0 Å². The van der Waals surface area contributed by atoms with Gasteiger partial charge in [-0.3, -0.25) is 0 Å². The van der Waals surface area contributed by atoms with Crippen molar-refractivity contribution >= 4 is 25.8 Å². The molecular formula is C8H14BrF3O2S. The zero-order valence-corrected chi connectivity index (χ0v) is 10.9. The van der Waals surface area contributed by atoms with Crippen molar-refractivity contribution in [3.8, 4) is 0 Å². The van der Waals surface area contributed by atoms with E-state index < -0.39 is 26.6 Å². The summed E-state index contributed by atoms with van der Waals surface area (Å²) in [6.07, 6.45) is -4.12. The first-order chi connectivity index (χ1) is 6.54. The lowest BCUT2D eigenvalue weighted by Gasteiger charge is -2.14. The highest BCUT2D eigenvalue weighted by Gasteiger charge is 2.40. The molecule has 7 heteroatoms. The van der Waals surface area contributed by atoms with E-state index in [1.54, 1.807) is 0 Å². The number of hydrogen-bond donors (Lipinski definition) is 0. The molecule has 1 atom stereocenters. The van der Waals surface area contributed by atoms with Crippen LogP contribution in [-0.2, 0) is 9.84 Å². The van der Waals surface area contributed by atoms with E-state index in [9.17, 15) is 21.6 Å². The molecule has 15 heavy (non-hydrogen) atoms. The van der Waals surface area contributed by atoms with Crippen LogP contribution in [0.5, 0.6) is 0 Å². The zero-order valence-electron chi connectivity index (χ0n) is 8.51. The summed E-state index contributed by atoms with van der Waals surface area (Å²) in [6, 6.07) is 0. The third-order valence-electron chi connectivity index (χ3n) is 1.76. The summed E-state index contributed by atoms with van der Waals surface area (Å²) in [5.41, 5.74) is 0. The summed E-state index contributed by atoms with van der Waals surface area (Å²) in [5, 5.41) is 0. The highest BCUT2D eigenvalue weighted by atomic mass is 79.9. The summed E-state index contributed by atoms with van der Waals surface area (Å²) in [7, 11) is -3.63. The van der Waals surface area contributed by atoms with Gasteiger partial charge in [0, 0.05) is 0 Å². The average molecular weight is 311 g/mol. The van der Waals surface area contributed by atoms with Gasteiger partial charge in [-0.15, -0.1) is 0 Å². The summed E-state index contributed by atoms with van der Waals surface area (Å²) in [4.78, 5) is -1.97. The van der Waals surface area contributed by atoms with Crippen molar-refractivity contribution in [1.29, 1.82) is 0 Å². The summed E-state index contributed by atoms with van der Waals surface area (Å²) < 4.78 is 58.7. The van der Waals surface area contributed by atoms with Gasteiger partial charge in [-0.1, -0.05) is 29.8 Å². The summed E-state index contributed by atoms with van der Waals surface area (Å²) in [6.45, 7) is 3.65. The van der Waals surface area contributed by atoms with E-state index in [1.165, 1.54) is 0 Å². The maximum atomic E-state index is 12.1. The lowest BCUT2D eigenvalue weighted by Crippen LogP contribution is -2.31. The van der Waals surface area contributed by atoms with Crippen molar-refractivity contribution in [1.82, 2.24) is 0 Å². The van der Waals surface area contributed by atoms with Crippen LogP contribution in [0.4, 0.5) is 13.2 Å². The maximum absolute atomic E-state index is 12.1. The smallest absolute Gasteiger partial charge is 0.229 e. The summed E-state index contributed by atoms with van der Waals surface area (Å²) >= 11 is 2.34. The molecule has 92 valence electrons. The Morgan fingerprint density at radius 3 is 2.07 bits per heavy atom. The van der Waals surface area contributed by atoms with Gasteiger partial charge in [0.2, 0.25) is 0 Å². The fourth-order valence-electron chi connectivity index (χ4n) is 0.816. The molecule has 0 saturated carbocycles. The monoisotopic (exact) mass is 310 g/mol. The Hall–Kier alpha value is 0.220. The van der Waals surface area contributed by atoms with E-state index in [-0.39, 0.29) is 11.7 Å². The quantitative estimate of drug-likeness (QED) is 0.732. The molecule has 0 aliphatic carbocycles. The molecule has 0 amide bonds. The molecule has 0 aliphatic rings. The molecule has 0 bridgehead atoms. The highest BCUT2D eigenvalue weighted by molar-refractivity contribution is 9.09. The molecule has 0 heterocycles. The van der Waals surface area contributed by atoms with Crippen LogP contribution in [0.2, 0.25) is 0 Å². The predicted molar refractivity (Wildman–Crippen MR) is 56.9 cm³/mol. The van der Waals surface area contributed by atoms with Gasteiger partial charge in [-0.2, -0.15) is 13.2 Å². The van der Waals surface area contributed by atoms with Crippen molar-refractivity contribution < 1.29 is 21.6 Å². The third-order valence-corrected chi connectivity index (χ3v) is 4.73. The van der Waals surface area contributed by atoms with Gasteiger partial charge in [0.15, 0.2) is 9.84 Å².